The number of carbonyl (C=O) groups excluding carboxylic acids is 4. The van der Waals surface area contributed by atoms with Crippen LogP contribution in [0.15, 0.2) is 85.5 Å². The first-order valence-corrected chi connectivity index (χ1v) is 23.0. The third kappa shape index (κ3) is 20.8. The standard InChI is InChI=1S/2C26H33N3O5.2Li/c2*1-26(2,3)34-25(32)29-16-14-28(15-17-29)13-4-18-33-22-9-6-20(7-10-22)5-8-21-19-27-12-11-23(21)24(30)31;;/h2*5-12,19H,4,13-18H2,1-3H3,(H,30,31);;/q;;2*+1/p-2/b2*8-5+;;. The van der Waals surface area contributed by atoms with E-state index >= 15 is 0 Å². The molecule has 2 aliphatic rings. The van der Waals surface area contributed by atoms with Crippen LogP contribution in [-0.2, 0) is 9.47 Å². The van der Waals surface area contributed by atoms with Gasteiger partial charge in [-0.1, -0.05) is 48.6 Å². The molecule has 2 aromatic heterocycles. The Labute approximate surface area is 436 Å². The molecule has 4 heterocycles. The quantitative estimate of drug-likeness (QED) is 0.107. The minimum Gasteiger partial charge on any atom is -0.545 e. The third-order valence-electron chi connectivity index (χ3n) is 10.6. The molecule has 0 spiro atoms. The molecule has 2 aromatic carbocycles. The van der Waals surface area contributed by atoms with Crippen molar-refractivity contribution in [3.63, 3.8) is 0 Å². The summed E-state index contributed by atoms with van der Waals surface area (Å²) in [5, 5.41) is 22.4. The number of carboxylic acids is 2. The van der Waals surface area contributed by atoms with Crippen LogP contribution in [0.4, 0.5) is 9.59 Å². The Balaban J connectivity index is 0.000000360. The maximum atomic E-state index is 12.1. The van der Waals surface area contributed by atoms with Gasteiger partial charge in [-0.3, -0.25) is 19.8 Å². The molecular weight excluding hydrogens is 882 g/mol. The van der Waals surface area contributed by atoms with Crippen molar-refractivity contribution in [3.8, 4) is 11.5 Å². The molecule has 2 amide bonds. The topological polar surface area (TPSA) is 190 Å². The second-order valence-electron chi connectivity index (χ2n) is 18.3. The van der Waals surface area contributed by atoms with E-state index in [0.29, 0.717) is 50.5 Å². The van der Waals surface area contributed by atoms with E-state index in [2.05, 4.69) is 19.8 Å². The zero-order valence-electron chi connectivity index (χ0n) is 42.1. The Morgan fingerprint density at radius 1 is 0.529 bits per heavy atom. The maximum absolute atomic E-state index is 12.1. The molecule has 364 valence electrons. The molecule has 70 heavy (non-hydrogen) atoms. The van der Waals surface area contributed by atoms with Crippen LogP contribution >= 0.6 is 0 Å². The van der Waals surface area contributed by atoms with Crippen molar-refractivity contribution in [3.05, 3.63) is 119 Å². The Morgan fingerprint density at radius 2 is 0.871 bits per heavy atom. The summed E-state index contributed by atoms with van der Waals surface area (Å²) in [6, 6.07) is 18.1. The Morgan fingerprint density at radius 3 is 1.19 bits per heavy atom. The van der Waals surface area contributed by atoms with Crippen molar-refractivity contribution in [2.45, 2.75) is 65.6 Å². The van der Waals surface area contributed by atoms with Crippen LogP contribution in [-0.4, -0.2) is 144 Å². The largest absolute Gasteiger partial charge is 1.00 e. The number of pyridine rings is 2. The zero-order valence-corrected chi connectivity index (χ0v) is 42.1. The first-order valence-electron chi connectivity index (χ1n) is 23.0. The van der Waals surface area contributed by atoms with Gasteiger partial charge in [0.1, 0.15) is 22.7 Å². The average molecular weight is 947 g/mol. The Kier molecular flexibility index (Phi) is 24.3. The molecule has 0 unspecified atom stereocenters. The van der Waals surface area contributed by atoms with Gasteiger partial charge in [-0.15, -0.1) is 0 Å². The Bertz CT molecular complexity index is 2160. The number of nitrogens with zero attached hydrogens (tertiary/aromatic N) is 6. The van der Waals surface area contributed by atoms with Gasteiger partial charge in [0.15, 0.2) is 0 Å². The molecule has 4 aromatic rings. The molecule has 6 rings (SSSR count). The second kappa shape index (κ2) is 28.9. The normalized spacial score (nSPS) is 14.4. The fourth-order valence-corrected chi connectivity index (χ4v) is 7.09. The minimum atomic E-state index is -1.23. The van der Waals surface area contributed by atoms with Crippen LogP contribution in [0.3, 0.4) is 0 Å². The van der Waals surface area contributed by atoms with Crippen molar-refractivity contribution in [1.82, 2.24) is 29.6 Å². The molecule has 2 aliphatic heterocycles. The first kappa shape index (κ1) is 58.7. The van der Waals surface area contributed by atoms with Crippen molar-refractivity contribution in [2.75, 3.05) is 78.7 Å². The van der Waals surface area contributed by atoms with E-state index < -0.39 is 23.1 Å². The van der Waals surface area contributed by atoms with Gasteiger partial charge >= 0.3 is 49.9 Å². The van der Waals surface area contributed by atoms with E-state index in [1.54, 1.807) is 22.0 Å². The molecule has 0 bridgehead atoms. The number of hydrogen-bond acceptors (Lipinski definition) is 14. The van der Waals surface area contributed by atoms with Gasteiger partial charge < -0.3 is 48.5 Å². The number of hydrogen-bond donors (Lipinski definition) is 0. The summed E-state index contributed by atoms with van der Waals surface area (Å²) in [5.41, 5.74) is 2.10. The number of benzene rings is 2. The monoisotopic (exact) mass is 947 g/mol. The zero-order chi connectivity index (χ0) is 49.1. The van der Waals surface area contributed by atoms with Crippen LogP contribution in [0, 0.1) is 0 Å². The summed E-state index contributed by atoms with van der Waals surface area (Å²) < 4.78 is 22.6. The molecule has 2 saturated heterocycles. The van der Waals surface area contributed by atoms with Gasteiger partial charge in [0.2, 0.25) is 0 Å². The van der Waals surface area contributed by atoms with Gasteiger partial charge in [0, 0.05) is 112 Å². The molecule has 0 saturated carbocycles. The molecule has 18 heteroatoms. The summed E-state index contributed by atoms with van der Waals surface area (Å²) in [4.78, 5) is 62.8. The smallest absolute Gasteiger partial charge is 0.545 e. The molecule has 16 nitrogen and oxygen atoms in total. The van der Waals surface area contributed by atoms with E-state index in [4.69, 9.17) is 18.9 Å². The fourth-order valence-electron chi connectivity index (χ4n) is 7.09. The third-order valence-corrected chi connectivity index (χ3v) is 10.6. The number of piperazine rings is 2. The first-order chi connectivity index (χ1) is 32.4. The number of rotatable bonds is 16. The van der Waals surface area contributed by atoms with Crippen LogP contribution < -0.4 is 57.4 Å². The van der Waals surface area contributed by atoms with E-state index in [-0.39, 0.29) is 61.0 Å². The van der Waals surface area contributed by atoms with E-state index in [0.717, 1.165) is 74.7 Å². The predicted octanol–water partition coefficient (Wildman–Crippen LogP) is -0.118. The average Bonchev–Trinajstić information content (AvgIpc) is 3.31. The molecular formula is C52H64Li2N6O10. The summed E-state index contributed by atoms with van der Waals surface area (Å²) in [6.07, 6.45) is 14.2. The van der Waals surface area contributed by atoms with Gasteiger partial charge in [0.05, 0.1) is 25.2 Å². The summed E-state index contributed by atoms with van der Waals surface area (Å²) >= 11 is 0. The predicted molar refractivity (Wildman–Crippen MR) is 257 cm³/mol. The number of ether oxygens (including phenoxy) is 4. The van der Waals surface area contributed by atoms with Crippen LogP contribution in [0.2, 0.25) is 0 Å². The number of aromatic carboxylic acids is 2. The maximum Gasteiger partial charge on any atom is 1.00 e. The molecule has 0 N–H and O–H groups in total. The second-order valence-corrected chi connectivity index (χ2v) is 18.3. The minimum absolute atomic E-state index is 0. The van der Waals surface area contributed by atoms with Crippen LogP contribution in [0.1, 0.15) is 97.4 Å². The van der Waals surface area contributed by atoms with Crippen molar-refractivity contribution >= 4 is 48.4 Å². The van der Waals surface area contributed by atoms with Crippen molar-refractivity contribution in [1.29, 1.82) is 0 Å². The van der Waals surface area contributed by atoms with Crippen molar-refractivity contribution in [2.24, 2.45) is 0 Å². The van der Waals surface area contributed by atoms with Gasteiger partial charge in [-0.25, -0.2) is 9.59 Å². The number of carboxylic acid groups (broad SMARTS) is 2. The molecule has 0 atom stereocenters. The van der Waals surface area contributed by atoms with Crippen LogP contribution in [0.5, 0.6) is 11.5 Å². The molecule has 0 aliphatic carbocycles. The van der Waals surface area contributed by atoms with Gasteiger partial charge in [-0.2, -0.15) is 0 Å². The van der Waals surface area contributed by atoms with Gasteiger partial charge in [0.25, 0.3) is 0 Å². The van der Waals surface area contributed by atoms with E-state index in [1.807, 2.05) is 102 Å². The summed E-state index contributed by atoms with van der Waals surface area (Å²) in [5.74, 6) is -0.890. The fraction of sp³-hybridized carbons (Fsp3) is 0.423. The molecule has 2 fully saturated rings. The van der Waals surface area contributed by atoms with E-state index in [9.17, 15) is 29.4 Å². The Hall–Kier alpha value is -5.59. The number of carbonyl (C=O) groups is 4. The summed E-state index contributed by atoms with van der Waals surface area (Å²) in [6.45, 7) is 20.3. The van der Waals surface area contributed by atoms with Crippen LogP contribution in [0.25, 0.3) is 24.3 Å². The summed E-state index contributed by atoms with van der Waals surface area (Å²) in [7, 11) is 0. The van der Waals surface area contributed by atoms with Gasteiger partial charge in [-0.05, 0) is 102 Å². The van der Waals surface area contributed by atoms with E-state index in [1.165, 1.54) is 36.9 Å². The number of aromatic nitrogens is 2. The SMILES string of the molecule is CC(C)(C)OC(=O)N1CCN(CCCOc2ccc(/C=C/c3cnccc3C(=O)[O-])cc2)CC1.CC(C)(C)OC(=O)N1CCN(CCCOc2ccc(/C=C/c3cnccc3C(=O)[O-])cc2)CC1.[Li+].[Li+]. The number of amides is 2. The molecule has 0 radical (unpaired) electrons. The van der Waals surface area contributed by atoms with Crippen molar-refractivity contribution < 1.29 is 86.1 Å².